The normalized spacial score (nSPS) is 21.0. The van der Waals surface area contributed by atoms with Crippen molar-refractivity contribution < 1.29 is 14.3 Å². The minimum atomic E-state index is 0.114. The summed E-state index contributed by atoms with van der Waals surface area (Å²) in [5.74, 6) is 2.05. The Labute approximate surface area is 176 Å². The number of carbonyl (C=O) groups is 2. The van der Waals surface area contributed by atoms with E-state index in [1.165, 1.54) is 17.3 Å². The molecule has 2 atom stereocenters. The minimum absolute atomic E-state index is 0.114. The van der Waals surface area contributed by atoms with Gasteiger partial charge in [0, 0.05) is 37.0 Å². The zero-order valence-electron chi connectivity index (χ0n) is 16.6. The van der Waals surface area contributed by atoms with E-state index in [9.17, 15) is 9.59 Å². The van der Waals surface area contributed by atoms with Crippen molar-refractivity contribution in [2.45, 2.75) is 17.2 Å². The zero-order chi connectivity index (χ0) is 20.2. The summed E-state index contributed by atoms with van der Waals surface area (Å²) in [5.41, 5.74) is 1.26. The maximum Gasteiger partial charge on any atom is 0.233 e. The highest BCUT2D eigenvalue weighted by Gasteiger charge is 2.46. The number of ether oxygens (including phenoxy) is 1. The number of amides is 2. The maximum absolute atomic E-state index is 12.8. The molecule has 2 aromatic rings. The first-order valence-electron chi connectivity index (χ1n) is 10.0. The van der Waals surface area contributed by atoms with Crippen LogP contribution in [0.15, 0.2) is 59.5 Å². The number of benzene rings is 2. The Morgan fingerprint density at radius 1 is 1.00 bits per heavy atom. The molecule has 0 bridgehead atoms. The van der Waals surface area contributed by atoms with Crippen molar-refractivity contribution in [1.29, 1.82) is 0 Å². The second-order valence-electron chi connectivity index (χ2n) is 7.53. The van der Waals surface area contributed by atoms with Gasteiger partial charge in [-0.3, -0.25) is 9.59 Å². The van der Waals surface area contributed by atoms with Crippen molar-refractivity contribution in [2.75, 3.05) is 39.0 Å². The Bertz CT molecular complexity index is 865. The van der Waals surface area contributed by atoms with Gasteiger partial charge in [-0.05, 0) is 36.1 Å². The lowest BCUT2D eigenvalue weighted by molar-refractivity contribution is -0.139. The van der Waals surface area contributed by atoms with Gasteiger partial charge in [0.25, 0.3) is 0 Å². The van der Waals surface area contributed by atoms with Crippen molar-refractivity contribution in [2.24, 2.45) is 5.92 Å². The van der Waals surface area contributed by atoms with E-state index in [1.807, 2.05) is 52.3 Å². The molecule has 0 unspecified atom stereocenters. The van der Waals surface area contributed by atoms with Crippen LogP contribution in [0, 0.1) is 5.92 Å². The molecule has 0 radical (unpaired) electrons. The third kappa shape index (κ3) is 4.75. The first-order valence-corrected chi connectivity index (χ1v) is 11.0. The van der Waals surface area contributed by atoms with Gasteiger partial charge in [0.15, 0.2) is 0 Å². The molecule has 0 spiro atoms. The summed E-state index contributed by atoms with van der Waals surface area (Å²) in [6.07, 6.45) is 0.944. The van der Waals surface area contributed by atoms with Gasteiger partial charge < -0.3 is 14.5 Å². The fourth-order valence-electron chi connectivity index (χ4n) is 3.87. The molecule has 0 N–H and O–H groups in total. The number of carbonyl (C=O) groups excluding carboxylic acids is 2. The van der Waals surface area contributed by atoms with Gasteiger partial charge >= 0.3 is 0 Å². The molecule has 2 aromatic carbocycles. The molecule has 1 saturated carbocycles. The van der Waals surface area contributed by atoms with Crippen molar-refractivity contribution in [3.05, 3.63) is 60.2 Å². The van der Waals surface area contributed by atoms with Gasteiger partial charge in [0.1, 0.15) is 5.75 Å². The molecule has 2 aliphatic rings. The number of hydrogen-bond acceptors (Lipinski definition) is 4. The van der Waals surface area contributed by atoms with Crippen LogP contribution in [-0.2, 0) is 9.59 Å². The Morgan fingerprint density at radius 3 is 2.45 bits per heavy atom. The fraction of sp³-hybridized carbons (Fsp3) is 0.391. The Hall–Kier alpha value is -2.47. The Morgan fingerprint density at radius 2 is 1.72 bits per heavy atom. The SMILES string of the molecule is COc1cccc(SCC(=O)N2CCN(C(=O)[C@@H]3C[C@H]3c3ccccc3)CC2)c1. The van der Waals surface area contributed by atoms with E-state index in [0.29, 0.717) is 37.8 Å². The van der Waals surface area contributed by atoms with E-state index >= 15 is 0 Å². The van der Waals surface area contributed by atoms with Gasteiger partial charge in [-0.25, -0.2) is 0 Å². The molecule has 2 fully saturated rings. The summed E-state index contributed by atoms with van der Waals surface area (Å²) in [7, 11) is 1.64. The second-order valence-corrected chi connectivity index (χ2v) is 8.58. The smallest absolute Gasteiger partial charge is 0.233 e. The number of methoxy groups -OCH3 is 1. The molecule has 2 amide bonds. The van der Waals surface area contributed by atoms with Crippen LogP contribution in [0.1, 0.15) is 17.9 Å². The summed E-state index contributed by atoms with van der Waals surface area (Å²) < 4.78 is 5.23. The predicted molar refractivity (Wildman–Crippen MR) is 114 cm³/mol. The zero-order valence-corrected chi connectivity index (χ0v) is 17.4. The topological polar surface area (TPSA) is 49.9 Å². The van der Waals surface area contributed by atoms with E-state index in [0.717, 1.165) is 17.1 Å². The summed E-state index contributed by atoms with van der Waals surface area (Å²) in [6.45, 7) is 2.50. The lowest BCUT2D eigenvalue weighted by Crippen LogP contribution is -2.51. The summed E-state index contributed by atoms with van der Waals surface area (Å²) in [6, 6.07) is 18.0. The van der Waals surface area contributed by atoms with Gasteiger partial charge in [0.2, 0.25) is 11.8 Å². The second kappa shape index (κ2) is 8.91. The Kier molecular flexibility index (Phi) is 6.09. The molecule has 1 aliphatic heterocycles. The Balaban J connectivity index is 1.23. The lowest BCUT2D eigenvalue weighted by Gasteiger charge is -2.35. The van der Waals surface area contributed by atoms with Crippen LogP contribution in [0.25, 0.3) is 0 Å². The van der Waals surface area contributed by atoms with Crippen molar-refractivity contribution in [3.8, 4) is 5.75 Å². The van der Waals surface area contributed by atoms with E-state index in [2.05, 4.69) is 12.1 Å². The van der Waals surface area contributed by atoms with E-state index < -0.39 is 0 Å². The highest BCUT2D eigenvalue weighted by molar-refractivity contribution is 8.00. The van der Waals surface area contributed by atoms with Crippen LogP contribution in [0.5, 0.6) is 5.75 Å². The molecule has 1 saturated heterocycles. The standard InChI is InChI=1S/C23H26N2O3S/c1-28-18-8-5-9-19(14-18)29-16-22(26)24-10-12-25(13-11-24)23(27)21-15-20(21)17-6-3-2-4-7-17/h2-9,14,20-21H,10-13,15-16H2,1H3/t20-,21+/m0/s1. The molecule has 1 heterocycles. The number of piperazine rings is 1. The fourth-order valence-corrected chi connectivity index (χ4v) is 4.72. The van der Waals surface area contributed by atoms with Crippen molar-refractivity contribution in [1.82, 2.24) is 9.80 Å². The number of thioether (sulfide) groups is 1. The van der Waals surface area contributed by atoms with Crippen LogP contribution < -0.4 is 4.74 Å². The van der Waals surface area contributed by atoms with E-state index in [4.69, 9.17) is 4.74 Å². The molecule has 0 aromatic heterocycles. The molecule has 4 rings (SSSR count). The average Bonchev–Trinajstić information content (AvgIpc) is 3.59. The average molecular weight is 411 g/mol. The number of rotatable bonds is 6. The summed E-state index contributed by atoms with van der Waals surface area (Å²) in [4.78, 5) is 30.2. The highest BCUT2D eigenvalue weighted by atomic mass is 32.2. The van der Waals surface area contributed by atoms with Crippen LogP contribution in [0.4, 0.5) is 0 Å². The quantitative estimate of drug-likeness (QED) is 0.686. The molecule has 6 heteroatoms. The lowest BCUT2D eigenvalue weighted by atomic mass is 10.1. The molecular formula is C23H26N2O3S. The van der Waals surface area contributed by atoms with Gasteiger partial charge in [0.05, 0.1) is 12.9 Å². The van der Waals surface area contributed by atoms with Gasteiger partial charge in [-0.2, -0.15) is 0 Å². The third-order valence-corrected chi connectivity index (χ3v) is 6.66. The van der Waals surface area contributed by atoms with Crippen molar-refractivity contribution >= 4 is 23.6 Å². The van der Waals surface area contributed by atoms with E-state index in [-0.39, 0.29) is 17.7 Å². The number of nitrogens with zero attached hydrogens (tertiary/aromatic N) is 2. The first kappa shape index (κ1) is 19.8. The monoisotopic (exact) mass is 410 g/mol. The van der Waals surface area contributed by atoms with Crippen molar-refractivity contribution in [3.63, 3.8) is 0 Å². The van der Waals surface area contributed by atoms with Crippen LogP contribution in [0.3, 0.4) is 0 Å². The predicted octanol–water partition coefficient (Wildman–Crippen LogP) is 3.26. The third-order valence-electron chi connectivity index (χ3n) is 5.68. The molecule has 29 heavy (non-hydrogen) atoms. The van der Waals surface area contributed by atoms with Crippen LogP contribution >= 0.6 is 11.8 Å². The van der Waals surface area contributed by atoms with Crippen LogP contribution in [0.2, 0.25) is 0 Å². The molecular weight excluding hydrogens is 384 g/mol. The largest absolute Gasteiger partial charge is 0.497 e. The van der Waals surface area contributed by atoms with Gasteiger partial charge in [-0.15, -0.1) is 11.8 Å². The maximum atomic E-state index is 12.8. The van der Waals surface area contributed by atoms with Crippen LogP contribution in [-0.4, -0.2) is 60.7 Å². The molecule has 5 nitrogen and oxygen atoms in total. The minimum Gasteiger partial charge on any atom is -0.497 e. The first-order chi connectivity index (χ1) is 14.2. The summed E-state index contributed by atoms with van der Waals surface area (Å²) >= 11 is 1.52. The number of hydrogen-bond donors (Lipinski definition) is 0. The highest BCUT2D eigenvalue weighted by Crippen LogP contribution is 2.48. The molecule has 152 valence electrons. The van der Waals surface area contributed by atoms with Gasteiger partial charge in [-0.1, -0.05) is 36.4 Å². The summed E-state index contributed by atoms with van der Waals surface area (Å²) in [5, 5.41) is 0. The van der Waals surface area contributed by atoms with E-state index in [1.54, 1.807) is 7.11 Å². The molecule has 1 aliphatic carbocycles.